The van der Waals surface area contributed by atoms with Crippen LogP contribution in [-0.2, 0) is 6.42 Å². The third-order valence-electron chi connectivity index (χ3n) is 3.22. The van der Waals surface area contributed by atoms with Crippen molar-refractivity contribution in [3.63, 3.8) is 0 Å². The van der Waals surface area contributed by atoms with Crippen molar-refractivity contribution in [1.82, 2.24) is 10.4 Å². The molecule has 108 valence electrons. The third kappa shape index (κ3) is 3.56. The summed E-state index contributed by atoms with van der Waals surface area (Å²) in [5.74, 6) is 6.58. The first-order valence-electron chi connectivity index (χ1n) is 6.75. The average Bonchev–Trinajstić information content (AvgIpc) is 2.75. The van der Waals surface area contributed by atoms with Gasteiger partial charge in [0.25, 0.3) is 0 Å². The summed E-state index contributed by atoms with van der Waals surface area (Å²) in [6, 6.07) is 8.07. The topological polar surface area (TPSA) is 60.2 Å². The molecule has 20 heavy (non-hydrogen) atoms. The van der Waals surface area contributed by atoms with Crippen LogP contribution in [0.3, 0.4) is 0 Å². The Hall–Kier alpha value is -1.43. The van der Waals surface area contributed by atoms with Crippen molar-refractivity contribution >= 4 is 11.3 Å². The van der Waals surface area contributed by atoms with E-state index >= 15 is 0 Å². The second-order valence-electron chi connectivity index (χ2n) is 4.68. The number of benzene rings is 1. The summed E-state index contributed by atoms with van der Waals surface area (Å²) in [7, 11) is 0. The van der Waals surface area contributed by atoms with Crippen molar-refractivity contribution in [3.05, 3.63) is 45.4 Å². The number of hydrogen-bond donors (Lipinski definition) is 2. The largest absolute Gasteiger partial charge is 0.494 e. The van der Waals surface area contributed by atoms with Gasteiger partial charge in [0.1, 0.15) is 5.75 Å². The monoisotopic (exact) mass is 291 g/mol. The number of hydrogen-bond acceptors (Lipinski definition) is 5. The summed E-state index contributed by atoms with van der Waals surface area (Å²) in [5.41, 5.74) is 5.09. The highest BCUT2D eigenvalue weighted by Crippen LogP contribution is 2.25. The lowest BCUT2D eigenvalue weighted by atomic mass is 10.0. The first-order valence-corrected chi connectivity index (χ1v) is 7.57. The number of ether oxygens (including phenoxy) is 1. The Morgan fingerprint density at radius 3 is 2.80 bits per heavy atom. The number of nitrogens with two attached hydrogens (primary N) is 1. The zero-order valence-corrected chi connectivity index (χ0v) is 13.0. The van der Waals surface area contributed by atoms with Crippen LogP contribution >= 0.6 is 11.3 Å². The fourth-order valence-electron chi connectivity index (χ4n) is 2.06. The van der Waals surface area contributed by atoms with Gasteiger partial charge in [0.05, 0.1) is 23.4 Å². The molecule has 1 atom stereocenters. The van der Waals surface area contributed by atoms with Crippen LogP contribution < -0.4 is 16.0 Å². The predicted octanol–water partition coefficient (Wildman–Crippen LogP) is 2.91. The van der Waals surface area contributed by atoms with Crippen LogP contribution in [0.25, 0.3) is 0 Å². The molecule has 1 aromatic heterocycles. The minimum absolute atomic E-state index is 0.0420. The van der Waals surface area contributed by atoms with Crippen molar-refractivity contribution in [2.45, 2.75) is 33.2 Å². The number of rotatable bonds is 6. The Balaban J connectivity index is 2.17. The van der Waals surface area contributed by atoms with Gasteiger partial charge in [-0.15, -0.1) is 11.3 Å². The Morgan fingerprint density at radius 1 is 1.40 bits per heavy atom. The van der Waals surface area contributed by atoms with E-state index in [9.17, 15) is 0 Å². The van der Waals surface area contributed by atoms with Gasteiger partial charge in [0, 0.05) is 11.3 Å². The van der Waals surface area contributed by atoms with E-state index in [0.717, 1.165) is 28.4 Å². The van der Waals surface area contributed by atoms with Gasteiger partial charge in [-0.2, -0.15) is 0 Å². The maximum Gasteiger partial charge on any atom is 0.119 e. The number of thiazole rings is 1. The quantitative estimate of drug-likeness (QED) is 0.634. The maximum atomic E-state index is 5.71. The van der Waals surface area contributed by atoms with Crippen molar-refractivity contribution in [2.75, 3.05) is 6.61 Å². The van der Waals surface area contributed by atoms with E-state index in [1.54, 1.807) is 11.3 Å². The molecule has 3 N–H and O–H groups in total. The van der Waals surface area contributed by atoms with Crippen molar-refractivity contribution < 1.29 is 4.74 Å². The van der Waals surface area contributed by atoms with Gasteiger partial charge < -0.3 is 4.74 Å². The molecular formula is C15H21N3OS. The van der Waals surface area contributed by atoms with Crippen LogP contribution in [-0.4, -0.2) is 11.6 Å². The fourth-order valence-corrected chi connectivity index (χ4v) is 3.04. The highest BCUT2D eigenvalue weighted by atomic mass is 32.1. The summed E-state index contributed by atoms with van der Waals surface area (Å²) in [6.45, 7) is 6.77. The highest BCUT2D eigenvalue weighted by molar-refractivity contribution is 7.11. The van der Waals surface area contributed by atoms with Crippen LogP contribution in [0.5, 0.6) is 5.75 Å². The normalized spacial score (nSPS) is 12.4. The van der Waals surface area contributed by atoms with E-state index in [2.05, 4.69) is 23.4 Å². The summed E-state index contributed by atoms with van der Waals surface area (Å²) in [5, 5.41) is 1.10. The molecule has 1 unspecified atom stereocenters. The van der Waals surface area contributed by atoms with Gasteiger partial charge in [-0.1, -0.05) is 12.1 Å². The minimum atomic E-state index is 0.0420. The lowest BCUT2D eigenvalue weighted by Gasteiger charge is -2.16. The molecule has 0 amide bonds. The number of nitrogens with one attached hydrogen (secondary N) is 1. The van der Waals surface area contributed by atoms with Crippen molar-refractivity contribution in [2.24, 2.45) is 5.84 Å². The lowest BCUT2D eigenvalue weighted by Crippen LogP contribution is -2.29. The summed E-state index contributed by atoms with van der Waals surface area (Å²) >= 11 is 1.73. The molecule has 0 saturated carbocycles. The van der Waals surface area contributed by atoms with E-state index in [1.807, 2.05) is 32.0 Å². The number of nitrogens with zero attached hydrogens (tertiary/aromatic N) is 1. The SMILES string of the molecule is CCOc1cccc(C(Cc2nc(C)c(C)s2)NN)c1. The van der Waals surface area contributed by atoms with Crippen LogP contribution in [0.15, 0.2) is 24.3 Å². The van der Waals surface area contributed by atoms with Crippen LogP contribution in [0.1, 0.15) is 34.1 Å². The van der Waals surface area contributed by atoms with E-state index in [1.165, 1.54) is 4.88 Å². The zero-order valence-electron chi connectivity index (χ0n) is 12.1. The molecule has 5 heteroatoms. The van der Waals surface area contributed by atoms with Gasteiger partial charge >= 0.3 is 0 Å². The molecule has 1 aromatic carbocycles. The zero-order chi connectivity index (χ0) is 14.5. The molecule has 0 aliphatic heterocycles. The van der Waals surface area contributed by atoms with Crippen LogP contribution in [0.2, 0.25) is 0 Å². The smallest absolute Gasteiger partial charge is 0.119 e. The molecule has 2 rings (SSSR count). The van der Waals surface area contributed by atoms with Crippen LogP contribution in [0, 0.1) is 13.8 Å². The molecule has 1 heterocycles. The van der Waals surface area contributed by atoms with Gasteiger partial charge in [-0.25, -0.2) is 4.98 Å². The third-order valence-corrected chi connectivity index (χ3v) is 4.32. The molecule has 0 fully saturated rings. The maximum absolute atomic E-state index is 5.71. The minimum Gasteiger partial charge on any atom is -0.494 e. The van der Waals surface area contributed by atoms with Gasteiger partial charge in [-0.3, -0.25) is 11.3 Å². The second kappa shape index (κ2) is 6.83. The van der Waals surface area contributed by atoms with E-state index in [4.69, 9.17) is 10.6 Å². The standard InChI is InChI=1S/C15H21N3OS/c1-4-19-13-7-5-6-12(8-13)14(18-16)9-15-17-10(2)11(3)20-15/h5-8,14,18H,4,9,16H2,1-3H3. The number of aromatic nitrogens is 1. The summed E-state index contributed by atoms with van der Waals surface area (Å²) in [4.78, 5) is 5.84. The Bertz CT molecular complexity index is 548. The first kappa shape index (κ1) is 15.0. The molecule has 0 spiro atoms. The molecule has 0 aliphatic carbocycles. The molecular weight excluding hydrogens is 270 g/mol. The van der Waals surface area contributed by atoms with E-state index in [-0.39, 0.29) is 6.04 Å². The lowest BCUT2D eigenvalue weighted by molar-refractivity contribution is 0.339. The van der Waals surface area contributed by atoms with E-state index < -0.39 is 0 Å². The Morgan fingerprint density at radius 2 is 2.20 bits per heavy atom. The Labute approximate surface area is 124 Å². The molecule has 0 radical (unpaired) electrons. The fraction of sp³-hybridized carbons (Fsp3) is 0.400. The summed E-state index contributed by atoms with van der Waals surface area (Å²) < 4.78 is 5.53. The average molecular weight is 291 g/mol. The first-order chi connectivity index (χ1) is 9.63. The van der Waals surface area contributed by atoms with Gasteiger partial charge in [-0.05, 0) is 38.5 Å². The number of aryl methyl sites for hydroxylation is 2. The predicted molar refractivity (Wildman–Crippen MR) is 83.0 cm³/mol. The molecule has 4 nitrogen and oxygen atoms in total. The highest BCUT2D eigenvalue weighted by Gasteiger charge is 2.14. The second-order valence-corrected chi connectivity index (χ2v) is 5.97. The molecule has 2 aromatic rings. The molecule has 0 bridgehead atoms. The molecule has 0 saturated heterocycles. The van der Waals surface area contributed by atoms with E-state index in [0.29, 0.717) is 6.61 Å². The molecule has 0 aliphatic rings. The van der Waals surface area contributed by atoms with Gasteiger partial charge in [0.2, 0.25) is 0 Å². The summed E-state index contributed by atoms with van der Waals surface area (Å²) in [6.07, 6.45) is 0.783. The van der Waals surface area contributed by atoms with Gasteiger partial charge in [0.15, 0.2) is 0 Å². The Kier molecular flexibility index (Phi) is 5.11. The van der Waals surface area contributed by atoms with Crippen molar-refractivity contribution in [3.8, 4) is 5.75 Å². The number of hydrazine groups is 1. The van der Waals surface area contributed by atoms with Crippen molar-refractivity contribution in [1.29, 1.82) is 0 Å². The van der Waals surface area contributed by atoms with Crippen LogP contribution in [0.4, 0.5) is 0 Å².